The third-order valence-electron chi connectivity index (χ3n) is 3.39. The number of carbonyl (C=O) groups is 2. The highest BCUT2D eigenvalue weighted by atomic mass is 16.5. The van der Waals surface area contributed by atoms with Crippen molar-refractivity contribution < 1.29 is 24.2 Å². The lowest BCUT2D eigenvalue weighted by molar-refractivity contribution is 0.100. The molecular formula is C18H18O5. The van der Waals surface area contributed by atoms with Gasteiger partial charge in [0.2, 0.25) is 0 Å². The summed E-state index contributed by atoms with van der Waals surface area (Å²) in [7, 11) is 1.38. The number of ketones is 2. The molecule has 2 rings (SSSR count). The molecule has 0 saturated heterocycles. The zero-order valence-electron chi connectivity index (χ0n) is 13.3. The Balaban J connectivity index is 2.47. The van der Waals surface area contributed by atoms with Gasteiger partial charge >= 0.3 is 0 Å². The molecule has 0 aliphatic rings. The van der Waals surface area contributed by atoms with Crippen molar-refractivity contribution in [2.24, 2.45) is 0 Å². The van der Waals surface area contributed by atoms with Crippen molar-refractivity contribution in [1.82, 2.24) is 0 Å². The van der Waals surface area contributed by atoms with E-state index in [9.17, 15) is 14.7 Å². The van der Waals surface area contributed by atoms with Crippen LogP contribution >= 0.6 is 0 Å². The second kappa shape index (κ2) is 6.96. The monoisotopic (exact) mass is 314 g/mol. The molecule has 23 heavy (non-hydrogen) atoms. The molecule has 5 nitrogen and oxygen atoms in total. The van der Waals surface area contributed by atoms with E-state index in [2.05, 4.69) is 0 Å². The minimum absolute atomic E-state index is 0.0214. The number of carbonyl (C=O) groups excluding carboxylic acids is 2. The summed E-state index contributed by atoms with van der Waals surface area (Å²) in [4.78, 5) is 23.6. The van der Waals surface area contributed by atoms with E-state index < -0.39 is 17.3 Å². The normalized spacial score (nSPS) is 10.2. The van der Waals surface area contributed by atoms with Gasteiger partial charge in [-0.05, 0) is 19.4 Å². The van der Waals surface area contributed by atoms with E-state index in [1.807, 2.05) is 30.3 Å². The second-order valence-corrected chi connectivity index (χ2v) is 5.06. The zero-order valence-corrected chi connectivity index (χ0v) is 13.3. The maximum Gasteiger partial charge on any atom is 0.167 e. The molecule has 5 heteroatoms. The van der Waals surface area contributed by atoms with Gasteiger partial charge in [-0.25, -0.2) is 0 Å². The number of phenols is 1. The van der Waals surface area contributed by atoms with E-state index in [1.54, 1.807) is 0 Å². The summed E-state index contributed by atoms with van der Waals surface area (Å²) in [6.45, 7) is 2.83. The molecule has 0 bridgehead atoms. The minimum Gasteiger partial charge on any atom is -0.506 e. The summed E-state index contributed by atoms with van der Waals surface area (Å²) in [5.41, 5.74) is 0.868. The van der Waals surface area contributed by atoms with Crippen molar-refractivity contribution in [3.63, 3.8) is 0 Å². The van der Waals surface area contributed by atoms with E-state index >= 15 is 0 Å². The topological polar surface area (TPSA) is 72.8 Å². The molecule has 0 radical (unpaired) electrons. The summed E-state index contributed by atoms with van der Waals surface area (Å²) in [5, 5.41) is 10.3. The van der Waals surface area contributed by atoms with Crippen LogP contribution in [0.3, 0.4) is 0 Å². The number of ether oxygens (including phenoxy) is 2. The van der Waals surface area contributed by atoms with Gasteiger partial charge in [-0.1, -0.05) is 30.3 Å². The molecule has 0 saturated carbocycles. The van der Waals surface area contributed by atoms with Crippen LogP contribution in [-0.4, -0.2) is 23.8 Å². The third kappa shape index (κ3) is 3.51. The Kier molecular flexibility index (Phi) is 5.01. The Bertz CT molecular complexity index is 735. The number of aromatic hydroxyl groups is 1. The first-order valence-corrected chi connectivity index (χ1v) is 7.08. The molecule has 0 fully saturated rings. The van der Waals surface area contributed by atoms with Gasteiger partial charge in [-0.3, -0.25) is 9.59 Å². The number of benzene rings is 2. The van der Waals surface area contributed by atoms with Crippen LogP contribution in [0.4, 0.5) is 0 Å². The highest BCUT2D eigenvalue weighted by molar-refractivity contribution is 6.07. The van der Waals surface area contributed by atoms with Gasteiger partial charge in [0.05, 0.1) is 7.11 Å². The van der Waals surface area contributed by atoms with Crippen LogP contribution in [0.5, 0.6) is 17.2 Å². The number of hydrogen-bond acceptors (Lipinski definition) is 5. The van der Waals surface area contributed by atoms with Gasteiger partial charge in [-0.2, -0.15) is 0 Å². The van der Waals surface area contributed by atoms with Gasteiger partial charge < -0.3 is 14.6 Å². The van der Waals surface area contributed by atoms with Crippen molar-refractivity contribution >= 4 is 11.6 Å². The predicted octanol–water partition coefficient (Wildman–Crippen LogP) is 3.39. The van der Waals surface area contributed by atoms with Crippen molar-refractivity contribution in [1.29, 1.82) is 0 Å². The van der Waals surface area contributed by atoms with Crippen molar-refractivity contribution in [2.75, 3.05) is 7.11 Å². The SMILES string of the molecule is COc1cc(OCc2ccccc2)c(C(C)=O)c(O)c1C(C)=O. The van der Waals surface area contributed by atoms with Crippen LogP contribution in [0.25, 0.3) is 0 Å². The van der Waals surface area contributed by atoms with Crippen molar-refractivity contribution in [2.45, 2.75) is 20.5 Å². The minimum atomic E-state index is -0.410. The predicted molar refractivity (Wildman–Crippen MR) is 85.4 cm³/mol. The second-order valence-electron chi connectivity index (χ2n) is 5.06. The fourth-order valence-electron chi connectivity index (χ4n) is 2.31. The quantitative estimate of drug-likeness (QED) is 0.827. The summed E-state index contributed by atoms with van der Waals surface area (Å²) in [6.07, 6.45) is 0. The van der Waals surface area contributed by atoms with Gasteiger partial charge in [0.1, 0.15) is 35.0 Å². The molecule has 0 heterocycles. The highest BCUT2D eigenvalue weighted by Gasteiger charge is 2.24. The average Bonchev–Trinajstić information content (AvgIpc) is 2.52. The fourth-order valence-corrected chi connectivity index (χ4v) is 2.31. The summed E-state index contributed by atoms with van der Waals surface area (Å²) in [5.74, 6) is -0.844. The molecular weight excluding hydrogens is 296 g/mol. The van der Waals surface area contributed by atoms with Crippen LogP contribution in [0.15, 0.2) is 36.4 Å². The molecule has 0 atom stereocenters. The average molecular weight is 314 g/mol. The fraction of sp³-hybridized carbons (Fsp3) is 0.222. The molecule has 0 unspecified atom stereocenters. The third-order valence-corrected chi connectivity index (χ3v) is 3.39. The largest absolute Gasteiger partial charge is 0.506 e. The Labute approximate surface area is 134 Å². The van der Waals surface area contributed by atoms with Gasteiger partial charge in [0.25, 0.3) is 0 Å². The summed E-state index contributed by atoms with van der Waals surface area (Å²) in [6, 6.07) is 10.9. The van der Waals surface area contributed by atoms with E-state index in [4.69, 9.17) is 9.47 Å². The van der Waals surface area contributed by atoms with Crippen LogP contribution in [0.1, 0.15) is 40.1 Å². The van der Waals surface area contributed by atoms with E-state index in [0.29, 0.717) is 0 Å². The van der Waals surface area contributed by atoms with Gasteiger partial charge in [-0.15, -0.1) is 0 Å². The van der Waals surface area contributed by atoms with Gasteiger partial charge in [0.15, 0.2) is 11.6 Å². The number of phenolic OH excluding ortho intramolecular Hbond substituents is 1. The molecule has 2 aromatic rings. The number of methoxy groups -OCH3 is 1. The summed E-state index contributed by atoms with van der Waals surface area (Å²) < 4.78 is 10.8. The molecule has 0 aromatic heterocycles. The first kappa shape index (κ1) is 16.5. The Morgan fingerprint density at radius 1 is 1.00 bits per heavy atom. The zero-order chi connectivity index (χ0) is 17.0. The molecule has 0 amide bonds. The molecule has 120 valence electrons. The lowest BCUT2D eigenvalue weighted by Gasteiger charge is -2.16. The molecule has 0 aliphatic carbocycles. The van der Waals surface area contributed by atoms with Crippen LogP contribution in [0, 0.1) is 0 Å². The maximum absolute atomic E-state index is 11.9. The van der Waals surface area contributed by atoms with E-state index in [1.165, 1.54) is 27.0 Å². The smallest absolute Gasteiger partial charge is 0.167 e. The first-order valence-electron chi connectivity index (χ1n) is 7.08. The Morgan fingerprint density at radius 2 is 1.57 bits per heavy atom. The lowest BCUT2D eigenvalue weighted by atomic mass is 10.0. The van der Waals surface area contributed by atoms with Gasteiger partial charge in [0, 0.05) is 6.07 Å². The lowest BCUT2D eigenvalue weighted by Crippen LogP contribution is -2.07. The standard InChI is InChI=1S/C18H18O5/c1-11(19)16-14(22-3)9-15(17(12(2)20)18(16)21)23-10-13-7-5-4-6-8-13/h4-9,21H,10H2,1-3H3. The van der Waals surface area contributed by atoms with E-state index in [0.717, 1.165) is 5.56 Å². The van der Waals surface area contributed by atoms with Crippen LogP contribution < -0.4 is 9.47 Å². The number of hydrogen-bond donors (Lipinski definition) is 1. The van der Waals surface area contributed by atoms with Crippen LogP contribution in [-0.2, 0) is 6.61 Å². The van der Waals surface area contributed by atoms with Crippen LogP contribution in [0.2, 0.25) is 0 Å². The van der Waals surface area contributed by atoms with E-state index in [-0.39, 0.29) is 29.2 Å². The molecule has 1 N–H and O–H groups in total. The Hall–Kier alpha value is -2.82. The number of rotatable bonds is 6. The molecule has 0 spiro atoms. The summed E-state index contributed by atoms with van der Waals surface area (Å²) >= 11 is 0. The number of Topliss-reactive ketones (excluding diaryl/α,β-unsaturated/α-hetero) is 2. The molecule has 0 aliphatic heterocycles. The Morgan fingerprint density at radius 3 is 2.09 bits per heavy atom. The maximum atomic E-state index is 11.9. The van der Waals surface area contributed by atoms with Crippen molar-refractivity contribution in [3.8, 4) is 17.2 Å². The van der Waals surface area contributed by atoms with Crippen molar-refractivity contribution in [3.05, 3.63) is 53.1 Å². The highest BCUT2D eigenvalue weighted by Crippen LogP contribution is 2.39. The molecule has 2 aromatic carbocycles. The first-order chi connectivity index (χ1) is 11.0.